The van der Waals surface area contributed by atoms with Gasteiger partial charge in [0.25, 0.3) is 0 Å². The lowest BCUT2D eigenvalue weighted by atomic mass is 10.2. The minimum absolute atomic E-state index is 0.118. The first-order valence-electron chi connectivity index (χ1n) is 5.47. The summed E-state index contributed by atoms with van der Waals surface area (Å²) in [6.45, 7) is 0.697. The second kappa shape index (κ2) is 4.92. The summed E-state index contributed by atoms with van der Waals surface area (Å²) in [4.78, 5) is 5.98. The van der Waals surface area contributed by atoms with Crippen molar-refractivity contribution >= 4 is 21.4 Å². The molecule has 6 heteroatoms. The van der Waals surface area contributed by atoms with Crippen LogP contribution in [-0.4, -0.2) is 42.9 Å². The Kier molecular flexibility index (Phi) is 3.70. The molecule has 2 heterocycles. The fraction of sp³-hybridized carbons (Fsp3) is 0.545. The standard InChI is InChI=1S/C11H15ClN2O2S/c1-14(10-3-5-17(15,16)8-10)7-9-2-4-13-11(12)6-9/h2,4,6,10H,3,5,7-8H2,1H3. The molecule has 0 radical (unpaired) electrons. The Morgan fingerprint density at radius 1 is 1.59 bits per heavy atom. The van der Waals surface area contributed by atoms with E-state index in [-0.39, 0.29) is 11.8 Å². The maximum Gasteiger partial charge on any atom is 0.151 e. The molecular weight excluding hydrogens is 260 g/mol. The van der Waals surface area contributed by atoms with Crippen molar-refractivity contribution < 1.29 is 8.42 Å². The van der Waals surface area contributed by atoms with E-state index in [0.717, 1.165) is 12.0 Å². The van der Waals surface area contributed by atoms with Crippen molar-refractivity contribution in [2.24, 2.45) is 0 Å². The van der Waals surface area contributed by atoms with Crippen LogP contribution in [0.25, 0.3) is 0 Å². The van der Waals surface area contributed by atoms with Crippen LogP contribution in [0.5, 0.6) is 0 Å². The Bertz CT molecular complexity index is 504. The number of nitrogens with zero attached hydrogens (tertiary/aromatic N) is 2. The molecule has 1 aromatic heterocycles. The highest BCUT2D eigenvalue weighted by molar-refractivity contribution is 7.91. The van der Waals surface area contributed by atoms with Gasteiger partial charge in [-0.05, 0) is 31.2 Å². The first-order chi connectivity index (χ1) is 7.96. The molecule has 0 amide bonds. The highest BCUT2D eigenvalue weighted by Crippen LogP contribution is 2.19. The largest absolute Gasteiger partial charge is 0.298 e. The second-order valence-corrected chi connectivity index (χ2v) is 7.07. The third-order valence-electron chi connectivity index (χ3n) is 3.05. The van der Waals surface area contributed by atoms with Crippen LogP contribution in [0.15, 0.2) is 18.3 Å². The van der Waals surface area contributed by atoms with E-state index in [0.29, 0.717) is 17.5 Å². The van der Waals surface area contributed by atoms with Crippen molar-refractivity contribution in [1.82, 2.24) is 9.88 Å². The lowest BCUT2D eigenvalue weighted by Gasteiger charge is -2.22. The molecule has 0 aliphatic carbocycles. The molecular formula is C11H15ClN2O2S. The van der Waals surface area contributed by atoms with Crippen molar-refractivity contribution in [2.75, 3.05) is 18.6 Å². The molecule has 0 N–H and O–H groups in total. The molecule has 0 bridgehead atoms. The van der Waals surface area contributed by atoms with Gasteiger partial charge < -0.3 is 0 Å². The summed E-state index contributed by atoms with van der Waals surface area (Å²) in [6.07, 6.45) is 2.38. The Morgan fingerprint density at radius 2 is 2.35 bits per heavy atom. The predicted molar refractivity (Wildman–Crippen MR) is 67.8 cm³/mol. The minimum Gasteiger partial charge on any atom is -0.298 e. The number of hydrogen-bond donors (Lipinski definition) is 0. The summed E-state index contributed by atoms with van der Waals surface area (Å²) in [5, 5.41) is 0.468. The van der Waals surface area contributed by atoms with Crippen LogP contribution in [0.1, 0.15) is 12.0 Å². The summed E-state index contributed by atoms with van der Waals surface area (Å²) >= 11 is 5.81. The van der Waals surface area contributed by atoms with Gasteiger partial charge in [0.05, 0.1) is 11.5 Å². The first-order valence-corrected chi connectivity index (χ1v) is 7.67. The van der Waals surface area contributed by atoms with Gasteiger partial charge in [-0.1, -0.05) is 11.6 Å². The number of aromatic nitrogens is 1. The summed E-state index contributed by atoms with van der Waals surface area (Å²) in [5.41, 5.74) is 1.05. The predicted octanol–water partition coefficient (Wildman–Crippen LogP) is 1.35. The topological polar surface area (TPSA) is 50.3 Å². The fourth-order valence-electron chi connectivity index (χ4n) is 2.08. The van der Waals surface area contributed by atoms with Crippen LogP contribution < -0.4 is 0 Å². The van der Waals surface area contributed by atoms with E-state index in [2.05, 4.69) is 9.88 Å². The van der Waals surface area contributed by atoms with E-state index < -0.39 is 9.84 Å². The van der Waals surface area contributed by atoms with Crippen LogP contribution in [0.4, 0.5) is 0 Å². The van der Waals surface area contributed by atoms with E-state index >= 15 is 0 Å². The van der Waals surface area contributed by atoms with Crippen molar-refractivity contribution in [1.29, 1.82) is 0 Å². The van der Waals surface area contributed by atoms with Gasteiger partial charge in [0.1, 0.15) is 5.15 Å². The average Bonchev–Trinajstić information content (AvgIpc) is 2.59. The van der Waals surface area contributed by atoms with E-state index in [9.17, 15) is 8.42 Å². The van der Waals surface area contributed by atoms with Gasteiger partial charge in [0, 0.05) is 18.8 Å². The zero-order valence-electron chi connectivity index (χ0n) is 9.63. The molecule has 1 aromatic rings. The SMILES string of the molecule is CN(Cc1ccnc(Cl)c1)C1CCS(=O)(=O)C1. The van der Waals surface area contributed by atoms with Crippen LogP contribution >= 0.6 is 11.6 Å². The maximum atomic E-state index is 11.4. The normalized spacial score (nSPS) is 23.1. The molecule has 4 nitrogen and oxygen atoms in total. The molecule has 1 fully saturated rings. The molecule has 2 rings (SSSR count). The number of sulfone groups is 1. The zero-order valence-corrected chi connectivity index (χ0v) is 11.2. The molecule has 94 valence electrons. The number of pyridine rings is 1. The monoisotopic (exact) mass is 274 g/mol. The van der Waals surface area contributed by atoms with Crippen LogP contribution in [-0.2, 0) is 16.4 Å². The third kappa shape index (κ3) is 3.40. The van der Waals surface area contributed by atoms with E-state index in [4.69, 9.17) is 11.6 Å². The summed E-state index contributed by atoms with van der Waals surface area (Å²) in [7, 11) is -0.877. The second-order valence-electron chi connectivity index (χ2n) is 4.46. The van der Waals surface area contributed by atoms with Crippen LogP contribution in [0, 0.1) is 0 Å². The van der Waals surface area contributed by atoms with Crippen LogP contribution in [0.3, 0.4) is 0 Å². The van der Waals surface area contributed by atoms with Crippen LogP contribution in [0.2, 0.25) is 5.15 Å². The van der Waals surface area contributed by atoms with Gasteiger partial charge in [-0.15, -0.1) is 0 Å². The molecule has 1 saturated heterocycles. The lowest BCUT2D eigenvalue weighted by molar-refractivity contribution is 0.254. The molecule has 0 aromatic carbocycles. The molecule has 1 unspecified atom stereocenters. The smallest absolute Gasteiger partial charge is 0.151 e. The zero-order chi connectivity index (χ0) is 12.5. The van der Waals surface area contributed by atoms with Gasteiger partial charge in [-0.3, -0.25) is 4.90 Å². The Hall–Kier alpha value is -0.650. The molecule has 17 heavy (non-hydrogen) atoms. The average molecular weight is 275 g/mol. The Morgan fingerprint density at radius 3 is 2.94 bits per heavy atom. The van der Waals surface area contributed by atoms with Crippen molar-refractivity contribution in [3.05, 3.63) is 29.0 Å². The lowest BCUT2D eigenvalue weighted by Crippen LogP contribution is -2.32. The van der Waals surface area contributed by atoms with Gasteiger partial charge >= 0.3 is 0 Å². The minimum atomic E-state index is -2.82. The highest BCUT2D eigenvalue weighted by Gasteiger charge is 2.30. The van der Waals surface area contributed by atoms with Crippen molar-refractivity contribution in [2.45, 2.75) is 19.0 Å². The van der Waals surface area contributed by atoms with Gasteiger partial charge in [0.2, 0.25) is 0 Å². The van der Waals surface area contributed by atoms with E-state index in [1.807, 2.05) is 19.2 Å². The summed E-state index contributed by atoms with van der Waals surface area (Å²) in [5.74, 6) is 0.571. The van der Waals surface area contributed by atoms with Gasteiger partial charge in [0.15, 0.2) is 9.84 Å². The molecule has 1 aliphatic heterocycles. The summed E-state index contributed by atoms with van der Waals surface area (Å²) in [6, 6.07) is 3.82. The van der Waals surface area contributed by atoms with Crippen molar-refractivity contribution in [3.63, 3.8) is 0 Å². The molecule has 1 aliphatic rings. The first kappa shape index (κ1) is 12.8. The highest BCUT2D eigenvalue weighted by atomic mass is 35.5. The molecule has 0 spiro atoms. The fourth-order valence-corrected chi connectivity index (χ4v) is 4.08. The van der Waals surface area contributed by atoms with E-state index in [1.165, 1.54) is 0 Å². The Balaban J connectivity index is 2.00. The van der Waals surface area contributed by atoms with Gasteiger partial charge in [-0.2, -0.15) is 0 Å². The quantitative estimate of drug-likeness (QED) is 0.781. The van der Waals surface area contributed by atoms with E-state index in [1.54, 1.807) is 6.20 Å². The third-order valence-corrected chi connectivity index (χ3v) is 5.01. The number of hydrogen-bond acceptors (Lipinski definition) is 4. The molecule has 0 saturated carbocycles. The van der Waals surface area contributed by atoms with Crippen molar-refractivity contribution in [3.8, 4) is 0 Å². The van der Waals surface area contributed by atoms with Gasteiger partial charge in [-0.25, -0.2) is 13.4 Å². The summed E-state index contributed by atoms with van der Waals surface area (Å²) < 4.78 is 22.8. The molecule has 1 atom stereocenters. The Labute approximate surface area is 107 Å². The number of halogens is 1. The number of rotatable bonds is 3. The maximum absolute atomic E-state index is 11.4.